The van der Waals surface area contributed by atoms with E-state index in [2.05, 4.69) is 0 Å². The standard InChI is InChI=1S/C6H8O8/c7-2(3(8)9)1-6(14,4(10)11)5(12)13/h2,7,14H,1H2,(H,8,9)(H,10,11)(H,12,13)/p-3. The van der Waals surface area contributed by atoms with E-state index in [9.17, 15) is 29.7 Å². The molecule has 8 heteroatoms. The first-order valence-electron chi connectivity index (χ1n) is 3.26. The molecule has 0 aromatic carbocycles. The summed E-state index contributed by atoms with van der Waals surface area (Å²) in [5.41, 5.74) is -3.56. The Kier molecular flexibility index (Phi) is 3.55. The topological polar surface area (TPSA) is 161 Å². The summed E-state index contributed by atoms with van der Waals surface area (Å²) in [6.07, 6.45) is -3.96. The maximum absolute atomic E-state index is 10.1. The molecule has 0 radical (unpaired) electrons. The van der Waals surface area contributed by atoms with E-state index in [0.29, 0.717) is 0 Å². The van der Waals surface area contributed by atoms with Gasteiger partial charge in [0.1, 0.15) is 5.60 Å². The van der Waals surface area contributed by atoms with E-state index in [-0.39, 0.29) is 0 Å². The molecule has 1 unspecified atom stereocenters. The molecule has 0 aromatic heterocycles. The average Bonchev–Trinajstić information content (AvgIpc) is 2.02. The van der Waals surface area contributed by atoms with Crippen molar-refractivity contribution in [1.29, 1.82) is 0 Å². The summed E-state index contributed by atoms with van der Waals surface area (Å²) in [6.45, 7) is 0. The van der Waals surface area contributed by atoms with Crippen LogP contribution in [0.5, 0.6) is 0 Å². The predicted molar refractivity (Wildman–Crippen MR) is 30.6 cm³/mol. The smallest absolute Gasteiger partial charge is 0.146 e. The molecule has 1 atom stereocenters. The third-order valence-electron chi connectivity index (χ3n) is 1.44. The molecular weight excluding hydrogens is 200 g/mol. The Balaban J connectivity index is 4.79. The number of carboxylic acids is 3. The molecular formula is C6H5O8-3. The SMILES string of the molecule is O=C([O-])C(O)CC(O)(C(=O)[O-])C(=O)[O-]. The van der Waals surface area contributed by atoms with Crippen molar-refractivity contribution in [3.63, 3.8) is 0 Å². The second-order valence-corrected chi connectivity index (χ2v) is 2.47. The van der Waals surface area contributed by atoms with E-state index in [1.165, 1.54) is 0 Å². The summed E-state index contributed by atoms with van der Waals surface area (Å²) in [5.74, 6) is -7.07. The molecule has 0 saturated carbocycles. The summed E-state index contributed by atoms with van der Waals surface area (Å²) in [5, 5.41) is 47.5. The van der Waals surface area contributed by atoms with Gasteiger partial charge in [0.15, 0.2) is 0 Å². The maximum atomic E-state index is 10.1. The van der Waals surface area contributed by atoms with Crippen molar-refractivity contribution in [2.75, 3.05) is 0 Å². The fraction of sp³-hybridized carbons (Fsp3) is 0.500. The highest BCUT2D eigenvalue weighted by Gasteiger charge is 2.33. The van der Waals surface area contributed by atoms with Crippen molar-refractivity contribution in [3.8, 4) is 0 Å². The molecule has 80 valence electrons. The van der Waals surface area contributed by atoms with Crippen LogP contribution < -0.4 is 15.3 Å². The molecule has 8 nitrogen and oxygen atoms in total. The zero-order valence-electron chi connectivity index (χ0n) is 6.63. The quantitative estimate of drug-likeness (QED) is 0.419. The van der Waals surface area contributed by atoms with Crippen LogP contribution in [0.25, 0.3) is 0 Å². The fourth-order valence-electron chi connectivity index (χ4n) is 0.613. The Labute approximate surface area is 77.0 Å². The van der Waals surface area contributed by atoms with Crippen molar-refractivity contribution in [2.45, 2.75) is 18.1 Å². The Bertz CT molecular complexity index is 255. The number of aliphatic hydroxyl groups is 2. The van der Waals surface area contributed by atoms with Gasteiger partial charge in [0.25, 0.3) is 0 Å². The molecule has 0 fully saturated rings. The minimum atomic E-state index is -3.56. The Morgan fingerprint density at radius 1 is 1.14 bits per heavy atom. The highest BCUT2D eigenvalue weighted by Crippen LogP contribution is 2.11. The van der Waals surface area contributed by atoms with Crippen LogP contribution in [0.1, 0.15) is 6.42 Å². The highest BCUT2D eigenvalue weighted by molar-refractivity contribution is 6.00. The van der Waals surface area contributed by atoms with Crippen LogP contribution in [0.15, 0.2) is 0 Å². The fourth-order valence-corrected chi connectivity index (χ4v) is 0.613. The molecule has 2 N–H and O–H groups in total. The first-order valence-corrected chi connectivity index (χ1v) is 3.26. The van der Waals surface area contributed by atoms with Crippen molar-refractivity contribution in [1.82, 2.24) is 0 Å². The monoisotopic (exact) mass is 205 g/mol. The van der Waals surface area contributed by atoms with Gasteiger partial charge in [-0.25, -0.2) is 0 Å². The number of aliphatic carboxylic acids is 3. The van der Waals surface area contributed by atoms with Crippen LogP contribution in [0.4, 0.5) is 0 Å². The van der Waals surface area contributed by atoms with Crippen LogP contribution in [0.3, 0.4) is 0 Å². The number of rotatable bonds is 5. The Hall–Kier alpha value is -1.67. The van der Waals surface area contributed by atoms with Crippen molar-refractivity contribution >= 4 is 17.9 Å². The number of carbonyl (C=O) groups is 3. The maximum Gasteiger partial charge on any atom is 0.146 e. The van der Waals surface area contributed by atoms with E-state index >= 15 is 0 Å². The van der Waals surface area contributed by atoms with E-state index in [4.69, 9.17) is 10.2 Å². The summed E-state index contributed by atoms with van der Waals surface area (Å²) in [7, 11) is 0. The van der Waals surface area contributed by atoms with Gasteiger partial charge in [-0.15, -0.1) is 0 Å². The van der Waals surface area contributed by atoms with Gasteiger partial charge in [-0.1, -0.05) is 0 Å². The summed E-state index contributed by atoms with van der Waals surface area (Å²) in [6, 6.07) is 0. The Morgan fingerprint density at radius 2 is 1.50 bits per heavy atom. The van der Waals surface area contributed by atoms with Gasteiger partial charge in [-0.05, 0) is 0 Å². The third-order valence-corrected chi connectivity index (χ3v) is 1.44. The van der Waals surface area contributed by atoms with Gasteiger partial charge in [-0.3, -0.25) is 0 Å². The first kappa shape index (κ1) is 12.3. The summed E-state index contributed by atoms with van der Waals surface area (Å²) in [4.78, 5) is 30.2. The minimum absolute atomic E-state index is 1.51. The van der Waals surface area contributed by atoms with Gasteiger partial charge >= 0.3 is 0 Å². The number of hydrogen-bond donors (Lipinski definition) is 2. The minimum Gasteiger partial charge on any atom is -0.547 e. The third kappa shape index (κ3) is 2.41. The lowest BCUT2D eigenvalue weighted by molar-refractivity contribution is -0.352. The summed E-state index contributed by atoms with van der Waals surface area (Å²) >= 11 is 0. The molecule has 14 heavy (non-hydrogen) atoms. The molecule has 0 bridgehead atoms. The normalized spacial score (nSPS) is 13.3. The molecule has 0 aliphatic heterocycles. The number of carboxylic acid groups (broad SMARTS) is 3. The molecule has 0 aromatic rings. The van der Waals surface area contributed by atoms with Crippen LogP contribution in [-0.2, 0) is 14.4 Å². The molecule has 0 heterocycles. The largest absolute Gasteiger partial charge is 0.547 e. The van der Waals surface area contributed by atoms with Crippen LogP contribution in [-0.4, -0.2) is 39.8 Å². The molecule has 0 saturated heterocycles. The van der Waals surface area contributed by atoms with Gasteiger partial charge in [0.05, 0.1) is 24.0 Å². The number of hydrogen-bond acceptors (Lipinski definition) is 8. The van der Waals surface area contributed by atoms with Crippen LogP contribution in [0, 0.1) is 0 Å². The van der Waals surface area contributed by atoms with E-state index < -0.39 is 36.0 Å². The van der Waals surface area contributed by atoms with Gasteiger partial charge in [0, 0.05) is 6.42 Å². The summed E-state index contributed by atoms with van der Waals surface area (Å²) < 4.78 is 0. The highest BCUT2D eigenvalue weighted by atomic mass is 16.5. The Morgan fingerprint density at radius 3 is 1.71 bits per heavy atom. The van der Waals surface area contributed by atoms with E-state index in [1.54, 1.807) is 0 Å². The number of aliphatic hydroxyl groups excluding tert-OH is 1. The van der Waals surface area contributed by atoms with Gasteiger partial charge < -0.3 is 39.9 Å². The average molecular weight is 205 g/mol. The van der Waals surface area contributed by atoms with Crippen LogP contribution in [0.2, 0.25) is 0 Å². The molecule has 0 spiro atoms. The van der Waals surface area contributed by atoms with E-state index in [1.807, 2.05) is 0 Å². The van der Waals surface area contributed by atoms with Crippen LogP contribution >= 0.6 is 0 Å². The second-order valence-electron chi connectivity index (χ2n) is 2.47. The predicted octanol–water partition coefficient (Wildman–Crippen LogP) is -6.28. The van der Waals surface area contributed by atoms with Gasteiger partial charge in [0.2, 0.25) is 0 Å². The lowest BCUT2D eigenvalue weighted by atomic mass is 9.96. The van der Waals surface area contributed by atoms with Crippen molar-refractivity contribution in [3.05, 3.63) is 0 Å². The van der Waals surface area contributed by atoms with E-state index in [0.717, 1.165) is 0 Å². The molecule has 0 amide bonds. The zero-order valence-corrected chi connectivity index (χ0v) is 6.63. The van der Waals surface area contributed by atoms with Gasteiger partial charge in [-0.2, -0.15) is 0 Å². The van der Waals surface area contributed by atoms with Crippen molar-refractivity contribution in [2.24, 2.45) is 0 Å². The molecule has 0 aliphatic carbocycles. The lowest BCUT2D eigenvalue weighted by Crippen LogP contribution is -2.61. The number of carbonyl (C=O) groups excluding carboxylic acids is 3. The second kappa shape index (κ2) is 4.03. The molecule has 0 rings (SSSR count). The van der Waals surface area contributed by atoms with Crippen molar-refractivity contribution < 1.29 is 39.9 Å². The lowest BCUT2D eigenvalue weighted by Gasteiger charge is -2.31. The zero-order chi connectivity index (χ0) is 11.5. The first-order chi connectivity index (χ1) is 6.21. The molecule has 0 aliphatic rings.